The first-order chi connectivity index (χ1) is 28.7. The maximum Gasteiger partial charge on any atom is 0.249 e. The summed E-state index contributed by atoms with van der Waals surface area (Å²) in [5, 5.41) is 75.5. The summed E-state index contributed by atoms with van der Waals surface area (Å²) in [6.07, 6.45) is 29.0. The van der Waals surface area contributed by atoms with E-state index < -0.39 is 74.2 Å². The van der Waals surface area contributed by atoms with Crippen LogP contribution in [0.25, 0.3) is 0 Å². The van der Waals surface area contributed by atoms with Gasteiger partial charge >= 0.3 is 0 Å². The Bertz CT molecular complexity index is 928. The molecule has 1 saturated heterocycles. The summed E-state index contributed by atoms with van der Waals surface area (Å²) >= 11 is 0. The first-order valence-electron chi connectivity index (χ1n) is 24.9. The third-order valence-corrected chi connectivity index (χ3v) is 12.4. The molecule has 352 valence electrons. The number of hydrogen-bond acceptors (Lipinski definition) is 10. The van der Waals surface area contributed by atoms with Gasteiger partial charge in [-0.25, -0.2) is 0 Å². The van der Waals surface area contributed by atoms with Crippen LogP contribution in [0, 0.1) is 0 Å². The van der Waals surface area contributed by atoms with Crippen LogP contribution < -0.4 is 5.32 Å². The Hall–Kier alpha value is -0.890. The SMILES string of the molecule is CCCCCCCCCCCCCCCCCCCCCCCCCCC(O)C(=O)NC(COC1OC(CO)C(O)C(O)C1O)C(O)C(O)CCCCCCCCCC. The molecule has 1 rings (SSSR count). The van der Waals surface area contributed by atoms with Gasteiger partial charge in [0, 0.05) is 0 Å². The molecular weight excluding hydrogens is 751 g/mol. The van der Waals surface area contributed by atoms with Crippen molar-refractivity contribution in [2.24, 2.45) is 0 Å². The van der Waals surface area contributed by atoms with Crippen molar-refractivity contribution in [3.05, 3.63) is 0 Å². The molecular formula is C48H95NO10. The molecule has 0 radical (unpaired) electrons. The molecule has 0 aromatic carbocycles. The second-order valence-corrected chi connectivity index (χ2v) is 17.9. The Balaban J connectivity index is 2.26. The first kappa shape index (κ1) is 56.1. The highest BCUT2D eigenvalue weighted by atomic mass is 16.7. The van der Waals surface area contributed by atoms with Crippen molar-refractivity contribution in [1.82, 2.24) is 5.32 Å². The van der Waals surface area contributed by atoms with Crippen molar-refractivity contribution >= 4 is 5.91 Å². The van der Waals surface area contributed by atoms with Gasteiger partial charge in [-0.15, -0.1) is 0 Å². The minimum atomic E-state index is -1.65. The van der Waals surface area contributed by atoms with E-state index in [9.17, 15) is 40.5 Å². The van der Waals surface area contributed by atoms with Crippen molar-refractivity contribution in [3.8, 4) is 0 Å². The molecule has 0 aromatic rings. The number of aliphatic hydroxyl groups excluding tert-OH is 7. The van der Waals surface area contributed by atoms with Gasteiger partial charge in [0.25, 0.3) is 0 Å². The summed E-state index contributed by atoms with van der Waals surface area (Å²) in [6.45, 7) is 3.41. The van der Waals surface area contributed by atoms with Crippen LogP contribution in [-0.4, -0.2) is 110 Å². The molecule has 1 heterocycles. The maximum atomic E-state index is 13.1. The third-order valence-electron chi connectivity index (χ3n) is 12.4. The topological polar surface area (TPSA) is 189 Å². The molecule has 11 nitrogen and oxygen atoms in total. The van der Waals surface area contributed by atoms with Crippen LogP contribution in [0.15, 0.2) is 0 Å². The summed E-state index contributed by atoms with van der Waals surface area (Å²) in [5.74, 6) is -0.695. The number of ether oxygens (including phenoxy) is 2. The van der Waals surface area contributed by atoms with Crippen molar-refractivity contribution in [2.75, 3.05) is 13.2 Å². The zero-order valence-electron chi connectivity index (χ0n) is 38.0. The predicted octanol–water partition coefficient (Wildman–Crippen LogP) is 8.67. The minimum absolute atomic E-state index is 0.266. The average molecular weight is 846 g/mol. The third kappa shape index (κ3) is 28.4. The van der Waals surface area contributed by atoms with E-state index in [1.54, 1.807) is 0 Å². The van der Waals surface area contributed by atoms with E-state index in [0.717, 1.165) is 38.5 Å². The van der Waals surface area contributed by atoms with E-state index in [2.05, 4.69) is 19.2 Å². The van der Waals surface area contributed by atoms with Gasteiger partial charge in [0.15, 0.2) is 6.29 Å². The van der Waals surface area contributed by atoms with Crippen LogP contribution in [0.4, 0.5) is 0 Å². The Labute approximate surface area is 360 Å². The van der Waals surface area contributed by atoms with E-state index in [4.69, 9.17) is 9.47 Å². The smallest absolute Gasteiger partial charge is 0.249 e. The molecule has 1 aliphatic rings. The van der Waals surface area contributed by atoms with Gasteiger partial charge in [-0.05, 0) is 12.8 Å². The Morgan fingerprint density at radius 2 is 0.881 bits per heavy atom. The zero-order chi connectivity index (χ0) is 43.4. The number of rotatable bonds is 42. The number of nitrogens with one attached hydrogen (secondary N) is 1. The summed E-state index contributed by atoms with van der Waals surface area (Å²) in [7, 11) is 0. The molecule has 0 bridgehead atoms. The highest BCUT2D eigenvalue weighted by molar-refractivity contribution is 5.80. The van der Waals surface area contributed by atoms with Crippen LogP contribution in [0.5, 0.6) is 0 Å². The van der Waals surface area contributed by atoms with Gasteiger partial charge in [0.1, 0.15) is 36.6 Å². The highest BCUT2D eigenvalue weighted by Gasteiger charge is 2.44. The van der Waals surface area contributed by atoms with Crippen molar-refractivity contribution in [3.63, 3.8) is 0 Å². The molecule has 0 aromatic heterocycles. The van der Waals surface area contributed by atoms with E-state index in [1.165, 1.54) is 154 Å². The van der Waals surface area contributed by atoms with Crippen molar-refractivity contribution in [1.29, 1.82) is 0 Å². The molecule has 1 fully saturated rings. The van der Waals surface area contributed by atoms with Gasteiger partial charge < -0.3 is 50.5 Å². The molecule has 8 N–H and O–H groups in total. The second-order valence-electron chi connectivity index (χ2n) is 17.9. The van der Waals surface area contributed by atoms with E-state index in [-0.39, 0.29) is 6.42 Å². The molecule has 0 aliphatic carbocycles. The van der Waals surface area contributed by atoms with Crippen LogP contribution >= 0.6 is 0 Å². The number of amides is 1. The fraction of sp³-hybridized carbons (Fsp3) is 0.979. The molecule has 59 heavy (non-hydrogen) atoms. The molecule has 1 aliphatic heterocycles. The summed E-state index contributed by atoms with van der Waals surface area (Å²) in [5.41, 5.74) is 0. The largest absolute Gasteiger partial charge is 0.394 e. The number of hydrogen-bond donors (Lipinski definition) is 8. The molecule has 11 heteroatoms. The van der Waals surface area contributed by atoms with Crippen LogP contribution in [0.2, 0.25) is 0 Å². The summed E-state index contributed by atoms with van der Waals surface area (Å²) in [4.78, 5) is 13.1. The number of aliphatic hydroxyl groups is 7. The fourth-order valence-corrected chi connectivity index (χ4v) is 8.27. The van der Waals surface area contributed by atoms with Gasteiger partial charge in [-0.3, -0.25) is 4.79 Å². The Kier molecular flexibility index (Phi) is 36.9. The van der Waals surface area contributed by atoms with Crippen LogP contribution in [-0.2, 0) is 14.3 Å². The lowest BCUT2D eigenvalue weighted by molar-refractivity contribution is -0.303. The van der Waals surface area contributed by atoms with Crippen LogP contribution in [0.3, 0.4) is 0 Å². The van der Waals surface area contributed by atoms with Gasteiger partial charge in [0.05, 0.1) is 25.4 Å². The average Bonchev–Trinajstić information content (AvgIpc) is 3.23. The van der Waals surface area contributed by atoms with Gasteiger partial charge in [-0.1, -0.05) is 219 Å². The molecule has 0 spiro atoms. The lowest BCUT2D eigenvalue weighted by Gasteiger charge is -2.40. The Morgan fingerprint density at radius 1 is 0.525 bits per heavy atom. The molecule has 1 amide bonds. The summed E-state index contributed by atoms with van der Waals surface area (Å²) in [6, 6.07) is -1.16. The predicted molar refractivity (Wildman–Crippen MR) is 238 cm³/mol. The molecule has 9 unspecified atom stereocenters. The van der Waals surface area contributed by atoms with Gasteiger partial charge in [0.2, 0.25) is 5.91 Å². The normalized spacial score (nSPS) is 21.7. The molecule has 9 atom stereocenters. The number of carbonyl (C=O) groups is 1. The van der Waals surface area contributed by atoms with E-state index in [0.29, 0.717) is 19.3 Å². The first-order valence-corrected chi connectivity index (χ1v) is 24.9. The van der Waals surface area contributed by atoms with Crippen molar-refractivity contribution < 1.29 is 50.0 Å². The minimum Gasteiger partial charge on any atom is -0.394 e. The van der Waals surface area contributed by atoms with Gasteiger partial charge in [-0.2, -0.15) is 0 Å². The Morgan fingerprint density at radius 3 is 1.25 bits per heavy atom. The highest BCUT2D eigenvalue weighted by Crippen LogP contribution is 2.23. The second kappa shape index (κ2) is 38.8. The molecule has 0 saturated carbocycles. The lowest BCUT2D eigenvalue weighted by atomic mass is 9.98. The quantitative estimate of drug-likeness (QED) is 0.0276. The number of carbonyl (C=O) groups excluding carboxylic acids is 1. The van der Waals surface area contributed by atoms with E-state index >= 15 is 0 Å². The van der Waals surface area contributed by atoms with Crippen molar-refractivity contribution in [2.45, 2.75) is 287 Å². The zero-order valence-corrected chi connectivity index (χ0v) is 38.0. The summed E-state index contributed by atoms with van der Waals surface area (Å²) < 4.78 is 11.1. The maximum absolute atomic E-state index is 13.1. The standard InChI is InChI=1S/C48H95NO10/c1-3-5-7-9-11-13-14-15-16-17-18-19-20-21-22-23-24-25-26-27-28-30-32-34-36-41(52)47(57)49-39(38-58-48-46(56)45(55)44(54)42(37-50)59-48)43(53)40(51)35-33-31-29-12-10-8-6-4-2/h39-46,48,50-56H,3-38H2,1-2H3,(H,49,57). The van der Waals surface area contributed by atoms with E-state index in [1.807, 2.05) is 0 Å². The monoisotopic (exact) mass is 846 g/mol. The van der Waals surface area contributed by atoms with Crippen LogP contribution in [0.1, 0.15) is 232 Å². The lowest BCUT2D eigenvalue weighted by Crippen LogP contribution is -2.60. The number of unbranched alkanes of at least 4 members (excludes halogenated alkanes) is 30. The fourth-order valence-electron chi connectivity index (χ4n) is 8.27.